The molecule has 2 aromatic heterocycles. The highest BCUT2D eigenvalue weighted by atomic mass is 16.5. The first kappa shape index (κ1) is 24.2. The number of anilines is 1. The summed E-state index contributed by atoms with van der Waals surface area (Å²) in [5, 5.41) is 15.5. The van der Waals surface area contributed by atoms with Crippen molar-refractivity contribution in [2.24, 2.45) is 7.05 Å². The van der Waals surface area contributed by atoms with Crippen LogP contribution < -0.4 is 15.4 Å². The number of urea groups is 1. The van der Waals surface area contributed by atoms with Crippen LogP contribution in [0.15, 0.2) is 60.9 Å². The first-order valence-electron chi connectivity index (χ1n) is 13.0. The first-order valence-corrected chi connectivity index (χ1v) is 13.0. The van der Waals surface area contributed by atoms with Gasteiger partial charge in [-0.3, -0.25) is 10.00 Å². The van der Waals surface area contributed by atoms with Gasteiger partial charge in [-0.05, 0) is 56.0 Å². The van der Waals surface area contributed by atoms with E-state index in [0.717, 1.165) is 65.1 Å². The number of benzene rings is 2. The van der Waals surface area contributed by atoms with Crippen LogP contribution in [0.2, 0.25) is 0 Å². The molecule has 2 aromatic carbocycles. The van der Waals surface area contributed by atoms with Crippen LogP contribution in [0.5, 0.6) is 5.75 Å². The highest BCUT2D eigenvalue weighted by molar-refractivity contribution is 5.91. The fourth-order valence-corrected chi connectivity index (χ4v) is 5.50. The predicted molar refractivity (Wildman–Crippen MR) is 144 cm³/mol. The lowest BCUT2D eigenvalue weighted by Gasteiger charge is -2.48. The lowest BCUT2D eigenvalue weighted by Crippen LogP contribution is -2.50. The van der Waals surface area contributed by atoms with Gasteiger partial charge in [-0.1, -0.05) is 24.3 Å². The lowest BCUT2D eigenvalue weighted by atomic mass is 9.73. The summed E-state index contributed by atoms with van der Waals surface area (Å²) in [5.41, 5.74) is 5.20. The number of amides is 2. The third kappa shape index (κ3) is 4.43. The van der Waals surface area contributed by atoms with Crippen LogP contribution >= 0.6 is 0 Å². The maximum Gasteiger partial charge on any atom is 0.320 e. The average Bonchev–Trinajstić information content (AvgIpc) is 3.47. The summed E-state index contributed by atoms with van der Waals surface area (Å²) in [7, 11) is 3.55. The summed E-state index contributed by atoms with van der Waals surface area (Å²) >= 11 is 0. The Kier molecular flexibility index (Phi) is 6.15. The topological polar surface area (TPSA) is 95.2 Å². The molecular weight excluding hydrogens is 480 g/mol. The zero-order valence-electron chi connectivity index (χ0n) is 21.9. The molecular formula is C29H32N6O3. The molecule has 9 nitrogen and oxygen atoms in total. The Balaban J connectivity index is 1.32. The molecule has 38 heavy (non-hydrogen) atoms. The number of carbonyl (C=O) groups is 1. The van der Waals surface area contributed by atoms with Crippen molar-refractivity contribution in [1.82, 2.24) is 24.9 Å². The van der Waals surface area contributed by atoms with Crippen LogP contribution in [-0.2, 0) is 18.4 Å². The summed E-state index contributed by atoms with van der Waals surface area (Å²) in [5.74, 6) is 1.46. The molecule has 0 saturated heterocycles. The Morgan fingerprint density at radius 3 is 2.71 bits per heavy atom. The SMILES string of the molecule is COCc1ccc2c(c1)C(NC(=O)Nc1c(C)c(-c3cnn(C)c3)nn1-c1ccccc1)CC1(CCC1)O2. The molecule has 2 amide bonds. The number of aromatic nitrogens is 4. The molecule has 1 unspecified atom stereocenters. The van der Waals surface area contributed by atoms with E-state index in [1.807, 2.05) is 62.6 Å². The van der Waals surface area contributed by atoms with E-state index in [4.69, 9.17) is 14.6 Å². The van der Waals surface area contributed by atoms with Gasteiger partial charge in [0.15, 0.2) is 0 Å². The molecule has 1 fully saturated rings. The van der Waals surface area contributed by atoms with Crippen LogP contribution in [-0.4, -0.2) is 38.3 Å². The van der Waals surface area contributed by atoms with Crippen molar-refractivity contribution in [3.8, 4) is 22.7 Å². The van der Waals surface area contributed by atoms with E-state index in [0.29, 0.717) is 12.4 Å². The summed E-state index contributed by atoms with van der Waals surface area (Å²) in [6.45, 7) is 2.47. The van der Waals surface area contributed by atoms with Gasteiger partial charge in [0.25, 0.3) is 0 Å². The minimum atomic E-state index is -0.285. The first-order chi connectivity index (χ1) is 18.4. The van der Waals surface area contributed by atoms with Crippen molar-refractivity contribution in [1.29, 1.82) is 0 Å². The van der Waals surface area contributed by atoms with E-state index >= 15 is 0 Å². The van der Waals surface area contributed by atoms with Crippen LogP contribution in [0.3, 0.4) is 0 Å². The maximum absolute atomic E-state index is 13.6. The average molecular weight is 513 g/mol. The molecule has 2 N–H and O–H groups in total. The molecule has 1 spiro atoms. The minimum absolute atomic E-state index is 0.179. The Morgan fingerprint density at radius 2 is 2.03 bits per heavy atom. The molecule has 1 atom stereocenters. The van der Waals surface area contributed by atoms with E-state index in [1.54, 1.807) is 22.7 Å². The maximum atomic E-state index is 13.6. The highest BCUT2D eigenvalue weighted by Crippen LogP contribution is 2.49. The summed E-state index contributed by atoms with van der Waals surface area (Å²) in [6, 6.07) is 15.4. The van der Waals surface area contributed by atoms with Gasteiger partial charge in [0, 0.05) is 43.5 Å². The molecule has 1 aliphatic heterocycles. The quantitative estimate of drug-likeness (QED) is 0.366. The smallest absolute Gasteiger partial charge is 0.320 e. The normalized spacial score (nSPS) is 17.4. The van der Waals surface area contributed by atoms with Crippen LogP contribution in [0.25, 0.3) is 16.9 Å². The van der Waals surface area contributed by atoms with Crippen molar-refractivity contribution in [3.05, 3.63) is 77.6 Å². The number of rotatable bonds is 6. The molecule has 196 valence electrons. The monoisotopic (exact) mass is 512 g/mol. The van der Waals surface area contributed by atoms with Gasteiger partial charge in [0.05, 0.1) is 24.5 Å². The fourth-order valence-electron chi connectivity index (χ4n) is 5.50. The molecule has 4 aromatic rings. The van der Waals surface area contributed by atoms with Gasteiger partial charge in [0.1, 0.15) is 22.9 Å². The number of carbonyl (C=O) groups excluding carboxylic acids is 1. The van der Waals surface area contributed by atoms with Crippen molar-refractivity contribution < 1.29 is 14.3 Å². The number of hydrogen-bond donors (Lipinski definition) is 2. The van der Waals surface area contributed by atoms with Gasteiger partial charge < -0.3 is 14.8 Å². The molecule has 6 rings (SSSR count). The second-order valence-corrected chi connectivity index (χ2v) is 10.3. The highest BCUT2D eigenvalue weighted by Gasteiger charge is 2.46. The summed E-state index contributed by atoms with van der Waals surface area (Å²) in [6.07, 6.45) is 7.58. The Hall–Kier alpha value is -4.11. The standard InChI is InChI=1S/C29H32N6O3/c1-19-26(21-16-30-34(2)17-21)33-35(22-8-5-4-6-9-22)27(19)32-28(36)31-24-15-29(12-7-13-29)38-25-11-10-20(18-37-3)14-23(24)25/h4-6,8-11,14,16-17,24H,7,12-13,15,18H2,1-3H3,(H2,31,32,36). The van der Waals surface area contributed by atoms with Gasteiger partial charge in [-0.2, -0.15) is 10.2 Å². The number of nitrogens with one attached hydrogen (secondary N) is 2. The van der Waals surface area contributed by atoms with Crippen LogP contribution in [0, 0.1) is 6.92 Å². The molecule has 1 saturated carbocycles. The second-order valence-electron chi connectivity index (χ2n) is 10.3. The van der Waals surface area contributed by atoms with E-state index in [9.17, 15) is 4.79 Å². The van der Waals surface area contributed by atoms with E-state index < -0.39 is 0 Å². The second kappa shape index (κ2) is 9.64. The number of methoxy groups -OCH3 is 1. The van der Waals surface area contributed by atoms with Crippen molar-refractivity contribution in [2.75, 3.05) is 12.4 Å². The van der Waals surface area contributed by atoms with Gasteiger partial charge in [0.2, 0.25) is 0 Å². The number of para-hydroxylation sites is 1. The van der Waals surface area contributed by atoms with Crippen molar-refractivity contribution >= 4 is 11.8 Å². The molecule has 0 bridgehead atoms. The molecule has 3 heterocycles. The van der Waals surface area contributed by atoms with Crippen molar-refractivity contribution in [3.63, 3.8) is 0 Å². The van der Waals surface area contributed by atoms with Crippen LogP contribution in [0.1, 0.15) is 48.4 Å². The van der Waals surface area contributed by atoms with Gasteiger partial charge in [-0.25, -0.2) is 9.48 Å². The van der Waals surface area contributed by atoms with E-state index in [2.05, 4.69) is 21.8 Å². The van der Waals surface area contributed by atoms with Gasteiger partial charge >= 0.3 is 6.03 Å². The third-order valence-corrected chi connectivity index (χ3v) is 7.57. The van der Waals surface area contributed by atoms with Crippen molar-refractivity contribution in [2.45, 2.75) is 50.9 Å². The zero-order chi connectivity index (χ0) is 26.3. The Morgan fingerprint density at radius 1 is 1.21 bits per heavy atom. The largest absolute Gasteiger partial charge is 0.487 e. The molecule has 0 radical (unpaired) electrons. The number of ether oxygens (including phenoxy) is 2. The Bertz CT molecular complexity index is 1470. The summed E-state index contributed by atoms with van der Waals surface area (Å²) < 4.78 is 15.3. The van der Waals surface area contributed by atoms with Gasteiger partial charge in [-0.15, -0.1) is 0 Å². The minimum Gasteiger partial charge on any atom is -0.487 e. The Labute approximate surface area is 221 Å². The van der Waals surface area contributed by atoms with E-state index in [-0.39, 0.29) is 17.7 Å². The molecule has 1 aliphatic carbocycles. The molecule has 2 aliphatic rings. The number of hydrogen-bond acceptors (Lipinski definition) is 5. The fraction of sp³-hybridized carbons (Fsp3) is 0.345. The lowest BCUT2D eigenvalue weighted by molar-refractivity contribution is -0.0355. The predicted octanol–water partition coefficient (Wildman–Crippen LogP) is 5.30. The number of fused-ring (bicyclic) bond motifs is 1. The van der Waals surface area contributed by atoms with Crippen LogP contribution in [0.4, 0.5) is 10.6 Å². The third-order valence-electron chi connectivity index (χ3n) is 7.57. The molecule has 9 heteroatoms. The summed E-state index contributed by atoms with van der Waals surface area (Å²) in [4.78, 5) is 13.6. The number of aryl methyl sites for hydroxylation is 1. The number of nitrogens with zero attached hydrogens (tertiary/aromatic N) is 4. The van der Waals surface area contributed by atoms with E-state index in [1.165, 1.54) is 0 Å². The zero-order valence-corrected chi connectivity index (χ0v) is 21.9.